The molecule has 0 saturated carbocycles. The lowest BCUT2D eigenvalue weighted by molar-refractivity contribution is -0.163. The first-order valence-corrected chi connectivity index (χ1v) is 19.9. The first kappa shape index (κ1) is 42.0. The number of aliphatic hydroxyl groups excluding tert-OH is 1. The van der Waals surface area contributed by atoms with Crippen LogP contribution < -0.4 is 21.3 Å². The molecule has 5 N–H and O–H groups in total. The molecule has 58 heavy (non-hydrogen) atoms. The van der Waals surface area contributed by atoms with Gasteiger partial charge in [0.2, 0.25) is 29.5 Å². The Labute approximate surface area is 336 Å². The molecule has 17 heteroatoms. The Kier molecular flexibility index (Phi) is 13.0. The normalized spacial score (nSPS) is 28.8. The SMILES string of the molecule is Cc1ccc(NC(=O)NC(Cc2cccc(F)c2)C(=O)NC2C(=O)N3CC(O)CC3C(=O)N3CCCCC3C(=O)NC(C)C(=O)N3CC(C)CC3C(=O)OC2C)cc1. The van der Waals surface area contributed by atoms with E-state index in [0.29, 0.717) is 30.5 Å². The van der Waals surface area contributed by atoms with Crippen molar-refractivity contribution < 1.29 is 47.8 Å². The minimum absolute atomic E-state index is 0.113. The van der Waals surface area contributed by atoms with Crippen LogP contribution in [0.4, 0.5) is 14.9 Å². The van der Waals surface area contributed by atoms with Crippen LogP contribution in [0, 0.1) is 18.7 Å². The van der Waals surface area contributed by atoms with Gasteiger partial charge in [0.05, 0.1) is 6.10 Å². The molecule has 4 fully saturated rings. The number of nitrogens with zero attached hydrogens (tertiary/aromatic N) is 3. The Morgan fingerprint density at radius 1 is 0.897 bits per heavy atom. The van der Waals surface area contributed by atoms with Crippen LogP contribution in [0.25, 0.3) is 0 Å². The van der Waals surface area contributed by atoms with Crippen LogP contribution >= 0.6 is 0 Å². The zero-order valence-corrected chi connectivity index (χ0v) is 33.1. The fourth-order valence-corrected chi connectivity index (χ4v) is 8.30. The number of cyclic esters (lactones) is 1. The van der Waals surface area contributed by atoms with Gasteiger partial charge < -0.3 is 45.8 Å². The highest BCUT2D eigenvalue weighted by Crippen LogP contribution is 2.29. The molecule has 4 heterocycles. The number of urea groups is 1. The van der Waals surface area contributed by atoms with Gasteiger partial charge in [-0.15, -0.1) is 0 Å². The third-order valence-electron chi connectivity index (χ3n) is 11.3. The molecule has 16 nitrogen and oxygen atoms in total. The summed E-state index contributed by atoms with van der Waals surface area (Å²) in [5, 5.41) is 21.5. The second-order valence-corrected chi connectivity index (χ2v) is 16.0. The van der Waals surface area contributed by atoms with E-state index in [4.69, 9.17) is 4.74 Å². The highest BCUT2D eigenvalue weighted by molar-refractivity contribution is 5.99. The summed E-state index contributed by atoms with van der Waals surface area (Å²) in [5.41, 5.74) is 1.73. The number of aryl methyl sites for hydroxylation is 1. The van der Waals surface area contributed by atoms with E-state index in [2.05, 4.69) is 21.3 Å². The van der Waals surface area contributed by atoms with Crippen molar-refractivity contribution in [1.82, 2.24) is 30.7 Å². The van der Waals surface area contributed by atoms with Gasteiger partial charge in [0.1, 0.15) is 48.2 Å². The number of anilines is 1. The Morgan fingerprint density at radius 3 is 2.34 bits per heavy atom. The lowest BCUT2D eigenvalue weighted by atomic mass is 9.98. The summed E-state index contributed by atoms with van der Waals surface area (Å²) in [7, 11) is 0. The van der Waals surface area contributed by atoms with E-state index in [1.54, 1.807) is 30.3 Å². The summed E-state index contributed by atoms with van der Waals surface area (Å²) in [6, 6.07) is 4.23. The minimum atomic E-state index is -1.66. The minimum Gasteiger partial charge on any atom is -0.458 e. The van der Waals surface area contributed by atoms with Gasteiger partial charge in [-0.1, -0.05) is 36.8 Å². The largest absolute Gasteiger partial charge is 0.458 e. The molecule has 0 radical (unpaired) electrons. The zero-order chi connectivity index (χ0) is 41.8. The van der Waals surface area contributed by atoms with Gasteiger partial charge in [0.15, 0.2) is 0 Å². The number of benzene rings is 2. The summed E-state index contributed by atoms with van der Waals surface area (Å²) in [5.74, 6) is -4.94. The Bertz CT molecular complexity index is 1910. The summed E-state index contributed by atoms with van der Waals surface area (Å²) >= 11 is 0. The van der Waals surface area contributed by atoms with E-state index in [0.717, 1.165) is 10.5 Å². The van der Waals surface area contributed by atoms with Crippen molar-refractivity contribution >= 4 is 47.2 Å². The number of ether oxygens (including phenoxy) is 1. The number of carbonyl (C=O) groups is 7. The molecular formula is C41H52FN7O9. The quantitative estimate of drug-likeness (QED) is 0.267. The second kappa shape index (κ2) is 17.9. The van der Waals surface area contributed by atoms with E-state index in [1.807, 2.05) is 13.8 Å². The lowest BCUT2D eigenvalue weighted by Crippen LogP contribution is -2.63. The van der Waals surface area contributed by atoms with Gasteiger partial charge in [0.25, 0.3) is 0 Å². The van der Waals surface area contributed by atoms with Gasteiger partial charge in [-0.3, -0.25) is 24.0 Å². The Balaban J connectivity index is 1.34. The number of aliphatic hydroxyl groups is 1. The highest BCUT2D eigenvalue weighted by Gasteiger charge is 2.49. The van der Waals surface area contributed by atoms with Crippen LogP contribution in [0.15, 0.2) is 48.5 Å². The Morgan fingerprint density at radius 2 is 1.62 bits per heavy atom. The second-order valence-electron chi connectivity index (χ2n) is 16.0. The number of carbonyl (C=O) groups excluding carboxylic acids is 7. The molecule has 4 aliphatic heterocycles. The number of fused-ring (bicyclic) bond motifs is 3. The molecule has 9 atom stereocenters. The fraction of sp³-hybridized carbons (Fsp3) is 0.537. The number of amides is 7. The first-order valence-electron chi connectivity index (χ1n) is 19.9. The molecule has 0 spiro atoms. The Hall–Kier alpha value is -5.58. The third-order valence-corrected chi connectivity index (χ3v) is 11.3. The van der Waals surface area contributed by atoms with Crippen LogP contribution in [-0.4, -0.2) is 129 Å². The van der Waals surface area contributed by atoms with Gasteiger partial charge in [0, 0.05) is 38.2 Å². The van der Waals surface area contributed by atoms with E-state index < -0.39 is 95.8 Å². The van der Waals surface area contributed by atoms with Crippen molar-refractivity contribution in [2.75, 3.05) is 25.0 Å². The number of nitrogens with one attached hydrogen (secondary N) is 4. The zero-order valence-electron chi connectivity index (χ0n) is 33.1. The molecule has 0 aromatic heterocycles. The number of piperidine rings is 1. The number of halogens is 1. The van der Waals surface area contributed by atoms with Crippen LogP contribution in [0.2, 0.25) is 0 Å². The van der Waals surface area contributed by atoms with Gasteiger partial charge in [-0.2, -0.15) is 0 Å². The summed E-state index contributed by atoms with van der Waals surface area (Å²) in [6.45, 7) is 6.75. The van der Waals surface area contributed by atoms with E-state index >= 15 is 0 Å². The van der Waals surface area contributed by atoms with Crippen molar-refractivity contribution in [3.05, 3.63) is 65.5 Å². The van der Waals surface area contributed by atoms with Crippen molar-refractivity contribution in [3.63, 3.8) is 0 Å². The maximum Gasteiger partial charge on any atom is 0.329 e. The average Bonchev–Trinajstić information content (AvgIpc) is 3.78. The number of esters is 1. The molecule has 312 valence electrons. The first-order chi connectivity index (χ1) is 27.6. The summed E-state index contributed by atoms with van der Waals surface area (Å²) in [4.78, 5) is 102. The molecule has 4 saturated heterocycles. The summed E-state index contributed by atoms with van der Waals surface area (Å²) < 4.78 is 20.2. The van der Waals surface area contributed by atoms with Crippen molar-refractivity contribution in [2.45, 2.75) is 115 Å². The topological polar surface area (TPSA) is 207 Å². The molecule has 2 aromatic rings. The standard InChI is InChI=1S/C41H52FN7O9/c1-22-11-13-28(14-12-22)44-41(57)45-30(18-26-8-7-9-27(42)17-26)35(51)46-34-25(4)58-40(56)33-16-23(2)20-48(33)37(53)24(3)43-36(52)31-10-5-6-15-47(31)38(54)32-19-29(50)21-49(32)39(34)55/h7-9,11-14,17,23-25,29-34,50H,5-6,10,15-16,18-21H2,1-4H3,(H,43,52)(H,46,51)(H2,44,45,57). The van der Waals surface area contributed by atoms with Crippen LogP contribution in [0.3, 0.4) is 0 Å². The number of hydrogen-bond acceptors (Lipinski definition) is 9. The number of hydrogen-bond donors (Lipinski definition) is 5. The molecule has 2 aromatic carbocycles. The average molecular weight is 806 g/mol. The molecule has 0 bridgehead atoms. The lowest BCUT2D eigenvalue weighted by Gasteiger charge is -2.39. The van der Waals surface area contributed by atoms with Gasteiger partial charge >= 0.3 is 12.0 Å². The molecule has 0 aliphatic carbocycles. The maximum absolute atomic E-state index is 14.7. The van der Waals surface area contributed by atoms with E-state index in [1.165, 1.54) is 41.8 Å². The van der Waals surface area contributed by atoms with Crippen LogP contribution in [-0.2, 0) is 39.9 Å². The third kappa shape index (κ3) is 9.57. The molecule has 7 amide bonds. The maximum atomic E-state index is 14.7. The smallest absolute Gasteiger partial charge is 0.329 e. The van der Waals surface area contributed by atoms with Crippen LogP contribution in [0.5, 0.6) is 0 Å². The molecule has 6 rings (SSSR count). The van der Waals surface area contributed by atoms with Crippen LogP contribution in [0.1, 0.15) is 64.0 Å². The fourth-order valence-electron chi connectivity index (χ4n) is 8.30. The molecule has 4 aliphatic rings. The molecule has 9 unspecified atom stereocenters. The summed E-state index contributed by atoms with van der Waals surface area (Å²) in [6.07, 6.45) is -1.12. The van der Waals surface area contributed by atoms with Crippen molar-refractivity contribution in [2.24, 2.45) is 5.92 Å². The van der Waals surface area contributed by atoms with Gasteiger partial charge in [-0.05, 0) is 82.2 Å². The van der Waals surface area contributed by atoms with Crippen molar-refractivity contribution in [1.29, 1.82) is 0 Å². The van der Waals surface area contributed by atoms with E-state index in [-0.39, 0.29) is 44.8 Å². The predicted octanol–water partition coefficient (Wildman–Crippen LogP) is 1.38. The van der Waals surface area contributed by atoms with Gasteiger partial charge in [-0.25, -0.2) is 14.0 Å². The van der Waals surface area contributed by atoms with E-state index in [9.17, 15) is 43.1 Å². The van der Waals surface area contributed by atoms with Crippen molar-refractivity contribution in [3.8, 4) is 0 Å². The predicted molar refractivity (Wildman–Crippen MR) is 207 cm³/mol. The highest BCUT2D eigenvalue weighted by atomic mass is 19.1. The monoisotopic (exact) mass is 805 g/mol. The number of rotatable bonds is 6. The molecular weight excluding hydrogens is 753 g/mol.